The summed E-state index contributed by atoms with van der Waals surface area (Å²) >= 11 is 6.47. The number of furan rings is 1. The van der Waals surface area contributed by atoms with Crippen molar-refractivity contribution < 1.29 is 14.3 Å². The molecule has 24 heavy (non-hydrogen) atoms. The first-order chi connectivity index (χ1) is 11.6. The zero-order chi connectivity index (χ0) is 16.8. The van der Waals surface area contributed by atoms with Gasteiger partial charge in [0.15, 0.2) is 5.58 Å². The number of aryl methyl sites for hydroxylation is 1. The summed E-state index contributed by atoms with van der Waals surface area (Å²) in [6, 6.07) is 3.89. The SMILES string of the molecule is Cc1cc(-c2ccn[nH]2)c2c3c(oc2c1Cl)CCN(C(=O)CO)C3. The zero-order valence-electron chi connectivity index (χ0n) is 13.1. The number of hydrogen-bond acceptors (Lipinski definition) is 4. The molecule has 7 heteroatoms. The number of carbonyl (C=O) groups is 1. The normalized spacial score (nSPS) is 14.2. The second kappa shape index (κ2) is 5.65. The maximum atomic E-state index is 11.9. The Balaban J connectivity index is 1.96. The van der Waals surface area contributed by atoms with Crippen molar-refractivity contribution in [1.82, 2.24) is 15.1 Å². The van der Waals surface area contributed by atoms with Crippen LogP contribution in [0.1, 0.15) is 16.9 Å². The summed E-state index contributed by atoms with van der Waals surface area (Å²) < 4.78 is 6.04. The van der Waals surface area contributed by atoms with Gasteiger partial charge in [0.25, 0.3) is 0 Å². The molecule has 0 radical (unpaired) electrons. The fourth-order valence-corrected chi connectivity index (χ4v) is 3.48. The molecule has 2 N–H and O–H groups in total. The fraction of sp³-hybridized carbons (Fsp3) is 0.294. The van der Waals surface area contributed by atoms with E-state index in [1.807, 2.05) is 19.1 Å². The van der Waals surface area contributed by atoms with E-state index in [0.29, 0.717) is 30.1 Å². The number of fused-ring (bicyclic) bond motifs is 3. The quantitative estimate of drug-likeness (QED) is 0.748. The van der Waals surface area contributed by atoms with Crippen LogP contribution in [0, 0.1) is 6.92 Å². The van der Waals surface area contributed by atoms with Crippen LogP contribution in [0.25, 0.3) is 22.2 Å². The molecule has 0 saturated carbocycles. The lowest BCUT2D eigenvalue weighted by molar-refractivity contribution is -0.135. The van der Waals surface area contributed by atoms with E-state index in [4.69, 9.17) is 21.1 Å². The summed E-state index contributed by atoms with van der Waals surface area (Å²) in [5.74, 6) is 0.566. The lowest BCUT2D eigenvalue weighted by atomic mass is 9.97. The summed E-state index contributed by atoms with van der Waals surface area (Å²) in [4.78, 5) is 13.5. The van der Waals surface area contributed by atoms with Crippen LogP contribution in [0.3, 0.4) is 0 Å². The van der Waals surface area contributed by atoms with Crippen LogP contribution < -0.4 is 0 Å². The lowest BCUT2D eigenvalue weighted by Gasteiger charge is -2.26. The molecule has 3 heterocycles. The fourth-order valence-electron chi connectivity index (χ4n) is 3.29. The number of aromatic amines is 1. The Kier molecular flexibility index (Phi) is 3.58. The molecule has 0 spiro atoms. The van der Waals surface area contributed by atoms with Gasteiger partial charge in [0.05, 0.1) is 10.7 Å². The second-order valence-electron chi connectivity index (χ2n) is 5.96. The third-order valence-electron chi connectivity index (χ3n) is 4.50. The van der Waals surface area contributed by atoms with E-state index in [0.717, 1.165) is 33.5 Å². The minimum absolute atomic E-state index is 0.281. The van der Waals surface area contributed by atoms with E-state index in [1.165, 1.54) is 0 Å². The molecule has 0 bridgehead atoms. The van der Waals surface area contributed by atoms with Crippen LogP contribution in [0.15, 0.2) is 22.7 Å². The minimum Gasteiger partial charge on any atom is -0.459 e. The standard InChI is InChI=1S/C17H16ClN3O3/c1-9-6-10(12-2-4-19-20-12)15-11-7-21(14(23)8-22)5-3-13(11)24-17(15)16(9)18/h2,4,6,22H,3,5,7-8H2,1H3,(H,19,20). The predicted molar refractivity (Wildman–Crippen MR) is 89.7 cm³/mol. The number of aromatic nitrogens is 2. The summed E-state index contributed by atoms with van der Waals surface area (Å²) in [6.45, 7) is 2.38. The van der Waals surface area contributed by atoms with E-state index in [-0.39, 0.29) is 5.91 Å². The van der Waals surface area contributed by atoms with Gasteiger partial charge in [-0.05, 0) is 24.6 Å². The minimum atomic E-state index is -0.488. The highest BCUT2D eigenvalue weighted by Gasteiger charge is 2.28. The Morgan fingerprint density at radius 3 is 3.08 bits per heavy atom. The molecule has 1 aliphatic heterocycles. The van der Waals surface area contributed by atoms with Crippen LogP contribution in [-0.4, -0.2) is 39.3 Å². The van der Waals surface area contributed by atoms with Crippen LogP contribution in [0.2, 0.25) is 5.02 Å². The number of carbonyl (C=O) groups excluding carboxylic acids is 1. The summed E-state index contributed by atoms with van der Waals surface area (Å²) in [6.07, 6.45) is 2.30. The molecule has 0 aliphatic carbocycles. The average molecular weight is 346 g/mol. The van der Waals surface area contributed by atoms with Crippen molar-refractivity contribution in [2.24, 2.45) is 0 Å². The Bertz CT molecular complexity index is 931. The first-order valence-corrected chi connectivity index (χ1v) is 8.09. The van der Waals surface area contributed by atoms with Crippen molar-refractivity contribution in [3.05, 3.63) is 40.2 Å². The summed E-state index contributed by atoms with van der Waals surface area (Å²) in [5, 5.41) is 17.6. The topological polar surface area (TPSA) is 82.4 Å². The van der Waals surface area contributed by atoms with Gasteiger partial charge < -0.3 is 14.4 Å². The van der Waals surface area contributed by atoms with Crippen molar-refractivity contribution in [2.45, 2.75) is 19.9 Å². The number of rotatable bonds is 2. The number of aliphatic hydroxyl groups excluding tert-OH is 1. The van der Waals surface area contributed by atoms with E-state index < -0.39 is 6.61 Å². The average Bonchev–Trinajstić information content (AvgIpc) is 3.24. The van der Waals surface area contributed by atoms with Crippen molar-refractivity contribution in [1.29, 1.82) is 0 Å². The number of benzene rings is 1. The van der Waals surface area contributed by atoms with E-state index in [2.05, 4.69) is 10.2 Å². The number of nitrogens with zero attached hydrogens (tertiary/aromatic N) is 2. The van der Waals surface area contributed by atoms with Crippen molar-refractivity contribution in [2.75, 3.05) is 13.2 Å². The second-order valence-corrected chi connectivity index (χ2v) is 6.33. The van der Waals surface area contributed by atoms with Gasteiger partial charge in [0.1, 0.15) is 12.4 Å². The Morgan fingerprint density at radius 2 is 2.38 bits per heavy atom. The van der Waals surface area contributed by atoms with Crippen LogP contribution in [0.4, 0.5) is 0 Å². The molecule has 1 amide bonds. The largest absolute Gasteiger partial charge is 0.459 e. The third kappa shape index (κ3) is 2.22. The number of hydrogen-bond donors (Lipinski definition) is 2. The molecule has 0 atom stereocenters. The third-order valence-corrected chi connectivity index (χ3v) is 4.97. The molecule has 3 aromatic rings. The summed E-state index contributed by atoms with van der Waals surface area (Å²) in [5.41, 5.74) is 4.33. The van der Waals surface area contributed by atoms with Gasteiger partial charge in [-0.1, -0.05) is 11.6 Å². The Hall–Kier alpha value is -2.31. The lowest BCUT2D eigenvalue weighted by Crippen LogP contribution is -2.37. The van der Waals surface area contributed by atoms with Crippen molar-refractivity contribution >= 4 is 28.5 Å². The molecule has 1 aromatic carbocycles. The monoisotopic (exact) mass is 345 g/mol. The number of H-pyrrole nitrogens is 1. The maximum absolute atomic E-state index is 11.9. The molecule has 4 rings (SSSR count). The Labute approximate surface area is 143 Å². The Morgan fingerprint density at radius 1 is 1.54 bits per heavy atom. The first kappa shape index (κ1) is 15.2. The van der Waals surface area contributed by atoms with Gasteiger partial charge in [0, 0.05) is 42.2 Å². The number of amides is 1. The maximum Gasteiger partial charge on any atom is 0.248 e. The molecule has 2 aromatic heterocycles. The highest BCUT2D eigenvalue weighted by atomic mass is 35.5. The molecule has 0 unspecified atom stereocenters. The van der Waals surface area contributed by atoms with Gasteiger partial charge in [-0.15, -0.1) is 0 Å². The molecule has 0 fully saturated rings. The number of nitrogens with one attached hydrogen (secondary N) is 1. The van der Waals surface area contributed by atoms with E-state index in [1.54, 1.807) is 11.1 Å². The molecule has 6 nitrogen and oxygen atoms in total. The first-order valence-electron chi connectivity index (χ1n) is 7.72. The highest BCUT2D eigenvalue weighted by molar-refractivity contribution is 6.36. The molecule has 0 saturated heterocycles. The smallest absolute Gasteiger partial charge is 0.248 e. The predicted octanol–water partition coefficient (Wildman–Crippen LogP) is 2.66. The highest BCUT2D eigenvalue weighted by Crippen LogP contribution is 2.41. The van der Waals surface area contributed by atoms with E-state index in [9.17, 15) is 4.79 Å². The molecule has 1 aliphatic rings. The van der Waals surface area contributed by atoms with Gasteiger partial charge in [0.2, 0.25) is 5.91 Å². The van der Waals surface area contributed by atoms with Crippen molar-refractivity contribution in [3.63, 3.8) is 0 Å². The number of halogens is 1. The van der Waals surface area contributed by atoms with Crippen molar-refractivity contribution in [3.8, 4) is 11.3 Å². The molecule has 124 valence electrons. The van der Waals surface area contributed by atoms with Crippen LogP contribution >= 0.6 is 11.6 Å². The number of aliphatic hydroxyl groups is 1. The van der Waals surface area contributed by atoms with Gasteiger partial charge in [-0.3, -0.25) is 9.89 Å². The van der Waals surface area contributed by atoms with Crippen LogP contribution in [0.5, 0.6) is 0 Å². The van der Waals surface area contributed by atoms with Gasteiger partial charge in [-0.25, -0.2) is 0 Å². The van der Waals surface area contributed by atoms with E-state index >= 15 is 0 Å². The van der Waals surface area contributed by atoms with Crippen LogP contribution in [-0.2, 0) is 17.8 Å². The summed E-state index contributed by atoms with van der Waals surface area (Å²) in [7, 11) is 0. The molecular weight excluding hydrogens is 330 g/mol. The zero-order valence-corrected chi connectivity index (χ0v) is 13.9. The van der Waals surface area contributed by atoms with Gasteiger partial charge >= 0.3 is 0 Å². The van der Waals surface area contributed by atoms with Gasteiger partial charge in [-0.2, -0.15) is 5.10 Å². The molecular formula is C17H16ClN3O3.